The second-order valence-electron chi connectivity index (χ2n) is 9.86. The molecule has 0 spiro atoms. The zero-order valence-electron chi connectivity index (χ0n) is 20.7. The van der Waals surface area contributed by atoms with Crippen LogP contribution in [0.3, 0.4) is 0 Å². The average Bonchev–Trinajstić information content (AvgIpc) is 2.82. The molecule has 4 rings (SSSR count). The summed E-state index contributed by atoms with van der Waals surface area (Å²) in [6.07, 6.45) is -5.68. The number of ether oxygens (including phenoxy) is 1. The molecular formula is C27H25F4NO5S. The van der Waals surface area contributed by atoms with Crippen molar-refractivity contribution in [2.75, 3.05) is 10.8 Å². The summed E-state index contributed by atoms with van der Waals surface area (Å²) in [7, 11) is -4.24. The van der Waals surface area contributed by atoms with Gasteiger partial charge in [0.2, 0.25) is 0 Å². The van der Waals surface area contributed by atoms with Gasteiger partial charge in [0.15, 0.2) is 0 Å². The molecule has 202 valence electrons. The Morgan fingerprint density at radius 1 is 1.08 bits per heavy atom. The zero-order valence-corrected chi connectivity index (χ0v) is 21.5. The van der Waals surface area contributed by atoms with E-state index in [1.54, 1.807) is 19.1 Å². The van der Waals surface area contributed by atoms with Crippen LogP contribution in [0, 0.1) is 18.2 Å². The first kappa shape index (κ1) is 27.4. The lowest BCUT2D eigenvalue weighted by Crippen LogP contribution is -2.46. The van der Waals surface area contributed by atoms with E-state index < -0.39 is 50.6 Å². The molecule has 0 radical (unpaired) electrons. The fourth-order valence-corrected chi connectivity index (χ4v) is 5.98. The van der Waals surface area contributed by atoms with Crippen LogP contribution < -0.4 is 9.04 Å². The third-order valence-corrected chi connectivity index (χ3v) is 8.16. The summed E-state index contributed by atoms with van der Waals surface area (Å²) in [6, 6.07) is 12.0. The number of carboxylic acids is 1. The Bertz CT molecular complexity index is 1500. The van der Waals surface area contributed by atoms with Crippen molar-refractivity contribution >= 4 is 21.7 Å². The topological polar surface area (TPSA) is 83.9 Å². The van der Waals surface area contributed by atoms with E-state index in [2.05, 4.69) is 0 Å². The van der Waals surface area contributed by atoms with Crippen molar-refractivity contribution in [3.63, 3.8) is 0 Å². The molecule has 3 aromatic rings. The lowest BCUT2D eigenvalue weighted by Gasteiger charge is -2.38. The SMILES string of the molecule is Cc1cccc(S(=O)(=O)N2C[C@H](CC(C)(C)C(=O)O)Oc3ccc(-c4cc(F)ccc4C(F)(F)F)cc32)c1. The van der Waals surface area contributed by atoms with Crippen LogP contribution >= 0.6 is 0 Å². The number of aryl methyl sites for hydroxylation is 1. The fourth-order valence-electron chi connectivity index (χ4n) is 4.38. The minimum atomic E-state index is -4.78. The molecular weight excluding hydrogens is 526 g/mol. The Morgan fingerprint density at radius 2 is 1.79 bits per heavy atom. The van der Waals surface area contributed by atoms with Crippen LogP contribution in [0.2, 0.25) is 0 Å². The number of sulfonamides is 1. The van der Waals surface area contributed by atoms with Crippen molar-refractivity contribution in [1.29, 1.82) is 0 Å². The standard InChI is InChI=1S/C27H25F4NO5S/c1-16-5-4-6-20(11-16)38(35,36)32-15-19(14-26(2,3)25(33)34)37-24-10-7-17(12-23(24)32)21-13-18(28)8-9-22(21)27(29,30)31/h4-13,19H,14-15H2,1-3H3,(H,33,34)/t19-/m0/s1. The van der Waals surface area contributed by atoms with E-state index in [9.17, 15) is 35.9 Å². The third kappa shape index (κ3) is 5.33. The molecule has 0 aliphatic carbocycles. The molecule has 1 aliphatic rings. The lowest BCUT2D eigenvalue weighted by atomic mass is 9.86. The number of benzene rings is 3. The third-order valence-electron chi connectivity index (χ3n) is 6.38. The molecule has 1 atom stereocenters. The van der Waals surface area contributed by atoms with Gasteiger partial charge < -0.3 is 9.84 Å². The molecule has 11 heteroatoms. The van der Waals surface area contributed by atoms with Crippen molar-refractivity contribution < 1.29 is 40.6 Å². The number of halogens is 4. The predicted octanol–water partition coefficient (Wildman–Crippen LogP) is 6.28. The molecule has 6 nitrogen and oxygen atoms in total. The number of alkyl halides is 3. The van der Waals surface area contributed by atoms with E-state index in [-0.39, 0.29) is 34.9 Å². The molecule has 0 saturated carbocycles. The minimum absolute atomic E-state index is 0.0362. The minimum Gasteiger partial charge on any atom is -0.486 e. The van der Waals surface area contributed by atoms with Gasteiger partial charge in [-0.2, -0.15) is 13.2 Å². The number of hydrogen-bond donors (Lipinski definition) is 1. The van der Waals surface area contributed by atoms with Crippen LogP contribution in [0.5, 0.6) is 5.75 Å². The predicted molar refractivity (Wildman–Crippen MR) is 133 cm³/mol. The molecule has 3 aromatic carbocycles. The molecule has 1 aliphatic heterocycles. The smallest absolute Gasteiger partial charge is 0.417 e. The highest BCUT2D eigenvalue weighted by Crippen LogP contribution is 2.44. The maximum Gasteiger partial charge on any atom is 0.417 e. The van der Waals surface area contributed by atoms with Gasteiger partial charge in [-0.15, -0.1) is 0 Å². The van der Waals surface area contributed by atoms with E-state index in [4.69, 9.17) is 4.74 Å². The number of nitrogens with zero attached hydrogens (tertiary/aromatic N) is 1. The van der Waals surface area contributed by atoms with Crippen LogP contribution in [-0.4, -0.2) is 32.1 Å². The first-order chi connectivity index (χ1) is 17.6. The Hall–Kier alpha value is -3.60. The number of carboxylic acid groups (broad SMARTS) is 1. The van der Waals surface area contributed by atoms with E-state index in [1.165, 1.54) is 44.2 Å². The first-order valence-corrected chi connectivity index (χ1v) is 13.0. The summed E-state index contributed by atoms with van der Waals surface area (Å²) in [5, 5.41) is 9.57. The highest BCUT2D eigenvalue weighted by atomic mass is 32.2. The Morgan fingerprint density at radius 3 is 2.42 bits per heavy atom. The molecule has 0 unspecified atom stereocenters. The van der Waals surface area contributed by atoms with Crippen molar-refractivity contribution in [1.82, 2.24) is 0 Å². The van der Waals surface area contributed by atoms with Crippen LogP contribution in [0.15, 0.2) is 65.6 Å². The van der Waals surface area contributed by atoms with Gasteiger partial charge in [0.25, 0.3) is 10.0 Å². The van der Waals surface area contributed by atoms with Crippen molar-refractivity contribution in [2.45, 2.75) is 44.4 Å². The average molecular weight is 552 g/mol. The number of rotatable bonds is 6. The highest BCUT2D eigenvalue weighted by molar-refractivity contribution is 7.92. The summed E-state index contributed by atoms with van der Waals surface area (Å²) in [6.45, 7) is 4.41. The molecule has 0 saturated heterocycles. The van der Waals surface area contributed by atoms with Crippen LogP contribution in [-0.2, 0) is 21.0 Å². The fraction of sp³-hybridized carbons (Fsp3) is 0.296. The first-order valence-electron chi connectivity index (χ1n) is 11.6. The van der Waals surface area contributed by atoms with Gasteiger partial charge in [-0.3, -0.25) is 9.10 Å². The van der Waals surface area contributed by atoms with E-state index >= 15 is 0 Å². The quantitative estimate of drug-likeness (QED) is 0.365. The molecule has 1 N–H and O–H groups in total. The summed E-state index contributed by atoms with van der Waals surface area (Å²) >= 11 is 0. The summed E-state index contributed by atoms with van der Waals surface area (Å²) in [5.41, 5.74) is -2.21. The molecule has 0 amide bonds. The highest BCUT2D eigenvalue weighted by Gasteiger charge is 2.40. The zero-order chi connectivity index (χ0) is 28.0. The Kier molecular flexibility index (Phi) is 6.94. The molecule has 0 bridgehead atoms. The number of aliphatic carboxylic acids is 1. The van der Waals surface area contributed by atoms with Crippen LogP contribution in [0.1, 0.15) is 31.4 Å². The summed E-state index contributed by atoms with van der Waals surface area (Å²) < 4.78 is 89.7. The van der Waals surface area contributed by atoms with Crippen LogP contribution in [0.4, 0.5) is 23.2 Å². The van der Waals surface area contributed by atoms with E-state index in [0.29, 0.717) is 17.7 Å². The summed E-state index contributed by atoms with van der Waals surface area (Å²) in [5.74, 6) is -1.93. The number of fused-ring (bicyclic) bond motifs is 1. The van der Waals surface area contributed by atoms with Gasteiger partial charge in [-0.05, 0) is 79.9 Å². The van der Waals surface area contributed by atoms with Gasteiger partial charge in [0.05, 0.1) is 28.1 Å². The maximum absolute atomic E-state index is 14.0. The number of anilines is 1. The Labute approximate surface area is 217 Å². The second kappa shape index (κ2) is 9.61. The van der Waals surface area contributed by atoms with Gasteiger partial charge in [-0.1, -0.05) is 18.2 Å². The van der Waals surface area contributed by atoms with Gasteiger partial charge >= 0.3 is 12.1 Å². The molecule has 38 heavy (non-hydrogen) atoms. The normalized spacial score (nSPS) is 16.1. The molecule has 0 fully saturated rings. The van der Waals surface area contributed by atoms with Gasteiger partial charge in [0.1, 0.15) is 17.7 Å². The Balaban J connectivity index is 1.88. The second-order valence-corrected chi connectivity index (χ2v) is 11.7. The largest absolute Gasteiger partial charge is 0.486 e. The monoisotopic (exact) mass is 551 g/mol. The van der Waals surface area contributed by atoms with E-state index in [0.717, 1.165) is 10.4 Å². The molecule has 0 aromatic heterocycles. The lowest BCUT2D eigenvalue weighted by molar-refractivity contribution is -0.148. The maximum atomic E-state index is 14.0. The number of carbonyl (C=O) groups is 1. The summed E-state index contributed by atoms with van der Waals surface area (Å²) in [4.78, 5) is 11.7. The van der Waals surface area contributed by atoms with Crippen molar-refractivity contribution in [2.24, 2.45) is 5.41 Å². The number of hydrogen-bond acceptors (Lipinski definition) is 4. The van der Waals surface area contributed by atoms with Crippen molar-refractivity contribution in [3.05, 3.63) is 77.6 Å². The van der Waals surface area contributed by atoms with E-state index in [1.807, 2.05) is 0 Å². The van der Waals surface area contributed by atoms with Gasteiger partial charge in [-0.25, -0.2) is 12.8 Å². The molecule has 1 heterocycles. The van der Waals surface area contributed by atoms with Crippen LogP contribution in [0.25, 0.3) is 11.1 Å². The van der Waals surface area contributed by atoms with Crippen molar-refractivity contribution in [3.8, 4) is 16.9 Å². The van der Waals surface area contributed by atoms with Gasteiger partial charge in [0, 0.05) is 6.42 Å².